The van der Waals surface area contributed by atoms with E-state index in [1.165, 1.54) is 19.2 Å². The first-order valence-electron chi connectivity index (χ1n) is 12.1. The lowest BCUT2D eigenvalue weighted by Crippen LogP contribution is -2.29. The third-order valence-electron chi connectivity index (χ3n) is 6.34. The summed E-state index contributed by atoms with van der Waals surface area (Å²) in [5, 5.41) is 3.75. The van der Waals surface area contributed by atoms with Crippen LogP contribution in [0.3, 0.4) is 0 Å². The van der Waals surface area contributed by atoms with E-state index in [2.05, 4.69) is 10.8 Å². The van der Waals surface area contributed by atoms with Crippen molar-refractivity contribution in [3.63, 3.8) is 0 Å². The molecule has 6 nitrogen and oxygen atoms in total. The van der Waals surface area contributed by atoms with E-state index >= 15 is 0 Å². The van der Waals surface area contributed by atoms with Crippen molar-refractivity contribution in [2.75, 3.05) is 12.2 Å². The van der Waals surface area contributed by atoms with Crippen molar-refractivity contribution in [1.29, 1.82) is 0 Å². The standard InChI is InChI=1S/C29H25F3N2O4/c1-18-15-23(13-14-24(18)28(35)36-2)38-34(17-19-7-11-22(12-8-19)37-29(30,31)32)27-26(20-9-10-20)25-6-4-3-5-21(25)16-33-27/h3-8,11-16,20H,9-10,17H2,1-2H3. The van der Waals surface area contributed by atoms with Gasteiger partial charge in [0.25, 0.3) is 0 Å². The zero-order valence-corrected chi connectivity index (χ0v) is 20.8. The molecule has 0 unspecified atom stereocenters. The Morgan fingerprint density at radius 2 is 1.74 bits per heavy atom. The summed E-state index contributed by atoms with van der Waals surface area (Å²) in [5.74, 6) is 0.700. The summed E-state index contributed by atoms with van der Waals surface area (Å²) in [6, 6.07) is 18.7. The lowest BCUT2D eigenvalue weighted by atomic mass is 10.0. The van der Waals surface area contributed by atoms with E-state index in [0.29, 0.717) is 34.2 Å². The Kier molecular flexibility index (Phi) is 6.84. The highest BCUT2D eigenvalue weighted by atomic mass is 19.4. The van der Waals surface area contributed by atoms with Crippen LogP contribution in [0.1, 0.15) is 45.8 Å². The number of anilines is 1. The van der Waals surface area contributed by atoms with E-state index in [0.717, 1.165) is 29.2 Å². The van der Waals surface area contributed by atoms with Crippen molar-refractivity contribution in [3.05, 3.63) is 95.2 Å². The van der Waals surface area contributed by atoms with Crippen molar-refractivity contribution < 1.29 is 32.3 Å². The fourth-order valence-electron chi connectivity index (χ4n) is 4.42. The summed E-state index contributed by atoms with van der Waals surface area (Å²) in [4.78, 5) is 23.1. The number of fused-ring (bicyclic) bond motifs is 1. The molecule has 38 heavy (non-hydrogen) atoms. The molecule has 5 rings (SSSR count). The molecule has 0 radical (unpaired) electrons. The molecular weight excluding hydrogens is 497 g/mol. The molecule has 0 atom stereocenters. The number of carbonyl (C=O) groups is 1. The Morgan fingerprint density at radius 3 is 2.39 bits per heavy atom. The summed E-state index contributed by atoms with van der Waals surface area (Å²) in [6.45, 7) is 1.99. The van der Waals surface area contributed by atoms with Crippen molar-refractivity contribution in [2.24, 2.45) is 0 Å². The average molecular weight is 523 g/mol. The van der Waals surface area contributed by atoms with Gasteiger partial charge < -0.3 is 14.3 Å². The Morgan fingerprint density at radius 1 is 1.03 bits per heavy atom. The van der Waals surface area contributed by atoms with Gasteiger partial charge in [-0.05, 0) is 72.5 Å². The number of pyridine rings is 1. The van der Waals surface area contributed by atoms with Gasteiger partial charge in [-0.3, -0.25) is 0 Å². The third kappa shape index (κ3) is 5.66. The maximum Gasteiger partial charge on any atom is 0.573 e. The lowest BCUT2D eigenvalue weighted by molar-refractivity contribution is -0.274. The number of carbonyl (C=O) groups excluding carboxylic acids is 1. The molecular formula is C29H25F3N2O4. The minimum atomic E-state index is -4.76. The highest BCUT2D eigenvalue weighted by Gasteiger charge is 2.32. The molecule has 1 fully saturated rings. The van der Waals surface area contributed by atoms with Crippen LogP contribution in [0, 0.1) is 6.92 Å². The second-order valence-corrected chi connectivity index (χ2v) is 9.14. The number of rotatable bonds is 8. The van der Waals surface area contributed by atoms with Gasteiger partial charge in [-0.2, -0.15) is 5.06 Å². The first-order chi connectivity index (χ1) is 18.2. The number of hydrogen-bond donors (Lipinski definition) is 0. The fraction of sp³-hybridized carbons (Fsp3) is 0.241. The molecule has 1 aliphatic rings. The number of halogens is 3. The summed E-state index contributed by atoms with van der Waals surface area (Å²) in [7, 11) is 1.32. The minimum Gasteiger partial charge on any atom is -0.465 e. The van der Waals surface area contributed by atoms with E-state index in [9.17, 15) is 18.0 Å². The van der Waals surface area contributed by atoms with Gasteiger partial charge in [0.2, 0.25) is 0 Å². The minimum absolute atomic E-state index is 0.204. The number of alkyl halides is 3. The van der Waals surface area contributed by atoms with Crippen LogP contribution >= 0.6 is 0 Å². The quantitative estimate of drug-likeness (QED) is 0.182. The van der Waals surface area contributed by atoms with Crippen molar-refractivity contribution in [3.8, 4) is 11.5 Å². The molecule has 0 amide bonds. The van der Waals surface area contributed by atoms with Crippen LogP contribution in [-0.4, -0.2) is 24.4 Å². The molecule has 0 saturated heterocycles. The van der Waals surface area contributed by atoms with Gasteiger partial charge in [-0.1, -0.05) is 36.4 Å². The van der Waals surface area contributed by atoms with Gasteiger partial charge in [0.1, 0.15) is 5.75 Å². The first-order valence-corrected chi connectivity index (χ1v) is 12.1. The predicted octanol–water partition coefficient (Wildman–Crippen LogP) is 7.11. The van der Waals surface area contributed by atoms with Gasteiger partial charge in [-0.25, -0.2) is 9.78 Å². The molecule has 4 aromatic rings. The number of methoxy groups -OCH3 is 1. The summed E-state index contributed by atoms with van der Waals surface area (Å²) in [6.07, 6.45) is -0.905. The van der Waals surface area contributed by atoms with Gasteiger partial charge in [0, 0.05) is 17.1 Å². The molecule has 3 aromatic carbocycles. The molecule has 196 valence electrons. The normalized spacial score (nSPS) is 13.3. The number of ether oxygens (including phenoxy) is 2. The van der Waals surface area contributed by atoms with Crippen LogP contribution in [0.5, 0.6) is 11.5 Å². The number of nitrogens with zero attached hydrogens (tertiary/aromatic N) is 2. The zero-order chi connectivity index (χ0) is 26.9. The van der Waals surface area contributed by atoms with Gasteiger partial charge in [0.05, 0.1) is 19.2 Å². The zero-order valence-electron chi connectivity index (χ0n) is 20.8. The van der Waals surface area contributed by atoms with E-state index in [-0.39, 0.29) is 12.3 Å². The molecule has 1 heterocycles. The first kappa shape index (κ1) is 25.4. The SMILES string of the molecule is COC(=O)c1ccc(ON(Cc2ccc(OC(F)(F)F)cc2)c2ncc3ccccc3c2C2CC2)cc1C. The lowest BCUT2D eigenvalue weighted by Gasteiger charge is -2.27. The Hall–Kier alpha value is -4.27. The van der Waals surface area contributed by atoms with Crippen LogP contribution in [0.2, 0.25) is 0 Å². The van der Waals surface area contributed by atoms with E-state index in [1.807, 2.05) is 18.2 Å². The van der Waals surface area contributed by atoms with Crippen LogP contribution in [0.4, 0.5) is 19.0 Å². The number of aryl methyl sites for hydroxylation is 1. The Labute approximate surface area is 217 Å². The van der Waals surface area contributed by atoms with Crippen molar-refractivity contribution in [2.45, 2.75) is 38.6 Å². The molecule has 0 N–H and O–H groups in total. The third-order valence-corrected chi connectivity index (χ3v) is 6.34. The van der Waals surface area contributed by atoms with Crippen LogP contribution in [-0.2, 0) is 11.3 Å². The van der Waals surface area contributed by atoms with Crippen molar-refractivity contribution >= 4 is 22.6 Å². The second-order valence-electron chi connectivity index (χ2n) is 9.14. The summed E-state index contributed by atoms with van der Waals surface area (Å²) >= 11 is 0. The molecule has 1 aliphatic carbocycles. The van der Waals surface area contributed by atoms with Gasteiger partial charge in [0.15, 0.2) is 11.6 Å². The maximum absolute atomic E-state index is 12.6. The number of hydrogen-bond acceptors (Lipinski definition) is 6. The number of esters is 1. The van der Waals surface area contributed by atoms with Gasteiger partial charge in [-0.15, -0.1) is 13.2 Å². The summed E-state index contributed by atoms with van der Waals surface area (Å²) < 4.78 is 46.7. The Balaban J connectivity index is 1.52. The summed E-state index contributed by atoms with van der Waals surface area (Å²) in [5.41, 5.74) is 2.87. The highest BCUT2D eigenvalue weighted by Crippen LogP contribution is 2.47. The number of benzene rings is 3. The average Bonchev–Trinajstić information content (AvgIpc) is 3.73. The molecule has 1 aromatic heterocycles. The van der Waals surface area contributed by atoms with E-state index in [1.54, 1.807) is 48.5 Å². The highest BCUT2D eigenvalue weighted by molar-refractivity contribution is 5.91. The largest absolute Gasteiger partial charge is 0.573 e. The molecule has 9 heteroatoms. The van der Waals surface area contributed by atoms with Crippen LogP contribution in [0.15, 0.2) is 72.9 Å². The molecule has 0 aliphatic heterocycles. The second kappa shape index (κ2) is 10.2. The smallest absolute Gasteiger partial charge is 0.465 e. The van der Waals surface area contributed by atoms with Crippen molar-refractivity contribution in [1.82, 2.24) is 4.98 Å². The number of hydroxylamine groups is 1. The van der Waals surface area contributed by atoms with E-state index in [4.69, 9.17) is 14.6 Å². The molecule has 0 bridgehead atoms. The molecule has 0 spiro atoms. The monoisotopic (exact) mass is 522 g/mol. The van der Waals surface area contributed by atoms with E-state index < -0.39 is 12.3 Å². The van der Waals surface area contributed by atoms with Crippen LogP contribution < -0.4 is 14.6 Å². The topological polar surface area (TPSA) is 60.9 Å². The number of aromatic nitrogens is 1. The maximum atomic E-state index is 12.6. The van der Waals surface area contributed by atoms with Crippen LogP contribution in [0.25, 0.3) is 10.8 Å². The fourth-order valence-corrected chi connectivity index (χ4v) is 4.42. The Bertz CT molecular complexity index is 1470. The van der Waals surface area contributed by atoms with Gasteiger partial charge >= 0.3 is 12.3 Å². The molecule has 1 saturated carbocycles. The predicted molar refractivity (Wildman–Crippen MR) is 136 cm³/mol.